The van der Waals surface area contributed by atoms with Gasteiger partial charge < -0.3 is 24.4 Å². The SMILES string of the molecule is COc1cc2[nH]c(C(=O)[O-])c(NS(=O)(=O)c3ccc(Cl)s3)c2cc1OC. The number of sulfonamides is 1. The number of aromatic carboxylic acids is 1. The van der Waals surface area contributed by atoms with Gasteiger partial charge in [0.1, 0.15) is 4.21 Å². The summed E-state index contributed by atoms with van der Waals surface area (Å²) in [5.74, 6) is -0.907. The maximum absolute atomic E-state index is 12.6. The number of ether oxygens (including phenoxy) is 2. The van der Waals surface area contributed by atoms with Crippen LogP contribution >= 0.6 is 22.9 Å². The van der Waals surface area contributed by atoms with Crippen molar-refractivity contribution in [3.63, 3.8) is 0 Å². The van der Waals surface area contributed by atoms with Gasteiger partial charge in [-0.1, -0.05) is 11.6 Å². The average Bonchev–Trinajstić information content (AvgIpc) is 3.17. The maximum atomic E-state index is 12.6. The zero-order chi connectivity index (χ0) is 19.1. The summed E-state index contributed by atoms with van der Waals surface area (Å²) in [7, 11) is -1.21. The number of hydrogen-bond acceptors (Lipinski definition) is 7. The molecule has 0 amide bonds. The summed E-state index contributed by atoms with van der Waals surface area (Å²) in [6, 6.07) is 5.73. The molecule has 0 spiro atoms. The lowest BCUT2D eigenvalue weighted by molar-refractivity contribution is -0.255. The summed E-state index contributed by atoms with van der Waals surface area (Å²) in [5.41, 5.74) is -0.240. The van der Waals surface area contributed by atoms with E-state index in [2.05, 4.69) is 9.71 Å². The van der Waals surface area contributed by atoms with Crippen LogP contribution in [0.5, 0.6) is 11.5 Å². The molecular formula is C15H12ClN2O6S2-. The molecule has 2 heterocycles. The number of carboxylic acid groups (broad SMARTS) is 1. The molecule has 2 aromatic heterocycles. The van der Waals surface area contributed by atoms with E-state index in [1.807, 2.05) is 0 Å². The Labute approximate surface area is 157 Å². The zero-order valence-electron chi connectivity index (χ0n) is 13.5. The van der Waals surface area contributed by atoms with Crippen LogP contribution in [0.25, 0.3) is 10.9 Å². The van der Waals surface area contributed by atoms with Gasteiger partial charge in [-0.3, -0.25) is 4.72 Å². The van der Waals surface area contributed by atoms with E-state index in [1.165, 1.54) is 38.5 Å². The number of nitrogens with one attached hydrogen (secondary N) is 2. The van der Waals surface area contributed by atoms with Crippen LogP contribution in [0.3, 0.4) is 0 Å². The van der Waals surface area contributed by atoms with E-state index in [4.69, 9.17) is 21.1 Å². The zero-order valence-corrected chi connectivity index (χ0v) is 15.8. The first-order valence-corrected chi connectivity index (χ1v) is 9.71. The molecule has 3 aromatic rings. The molecule has 2 N–H and O–H groups in total. The van der Waals surface area contributed by atoms with E-state index in [0.717, 1.165) is 11.3 Å². The molecule has 26 heavy (non-hydrogen) atoms. The van der Waals surface area contributed by atoms with Gasteiger partial charge in [-0.15, -0.1) is 11.3 Å². The number of rotatable bonds is 6. The lowest BCUT2D eigenvalue weighted by Gasteiger charge is -2.10. The molecule has 0 aliphatic rings. The second kappa shape index (κ2) is 6.71. The highest BCUT2D eigenvalue weighted by molar-refractivity contribution is 7.94. The first-order chi connectivity index (χ1) is 12.3. The topological polar surface area (TPSA) is 121 Å². The highest BCUT2D eigenvalue weighted by Crippen LogP contribution is 2.38. The minimum absolute atomic E-state index is 0.0541. The Morgan fingerprint density at radius 2 is 1.88 bits per heavy atom. The number of aromatic nitrogens is 1. The van der Waals surface area contributed by atoms with Gasteiger partial charge in [0, 0.05) is 11.5 Å². The molecule has 8 nitrogen and oxygen atoms in total. The molecule has 0 saturated heterocycles. The van der Waals surface area contributed by atoms with E-state index in [1.54, 1.807) is 0 Å². The van der Waals surface area contributed by atoms with Crippen molar-refractivity contribution < 1.29 is 27.8 Å². The van der Waals surface area contributed by atoms with Crippen molar-refractivity contribution in [3.05, 3.63) is 34.3 Å². The minimum atomic E-state index is -4.04. The predicted octanol–water partition coefficient (Wildman–Crippen LogP) is 2.06. The van der Waals surface area contributed by atoms with E-state index in [9.17, 15) is 18.3 Å². The predicted molar refractivity (Wildman–Crippen MR) is 95.9 cm³/mol. The monoisotopic (exact) mass is 415 g/mol. The van der Waals surface area contributed by atoms with Crippen LogP contribution in [-0.4, -0.2) is 33.6 Å². The number of carbonyl (C=O) groups is 1. The lowest BCUT2D eigenvalue weighted by atomic mass is 10.2. The van der Waals surface area contributed by atoms with E-state index >= 15 is 0 Å². The lowest BCUT2D eigenvalue weighted by Crippen LogP contribution is -2.24. The van der Waals surface area contributed by atoms with Crippen molar-refractivity contribution in [3.8, 4) is 11.5 Å². The third-order valence-corrected chi connectivity index (χ3v) is 6.63. The van der Waals surface area contributed by atoms with E-state index < -0.39 is 21.7 Å². The minimum Gasteiger partial charge on any atom is -0.543 e. The highest BCUT2D eigenvalue weighted by Gasteiger charge is 2.23. The Morgan fingerprint density at radius 3 is 2.42 bits per heavy atom. The Bertz CT molecular complexity index is 1100. The van der Waals surface area contributed by atoms with Crippen LogP contribution in [-0.2, 0) is 10.0 Å². The summed E-state index contributed by atoms with van der Waals surface area (Å²) >= 11 is 6.63. The molecule has 0 saturated carbocycles. The third-order valence-electron chi connectivity index (χ3n) is 3.56. The largest absolute Gasteiger partial charge is 0.543 e. The van der Waals surface area contributed by atoms with Gasteiger partial charge in [0.25, 0.3) is 10.0 Å². The molecule has 1 aromatic carbocycles. The van der Waals surface area contributed by atoms with Gasteiger partial charge in [-0.25, -0.2) is 8.42 Å². The standard InChI is InChI=1S/C15H13ClN2O6S2/c1-23-9-5-7-8(6-10(9)24-2)17-14(15(19)20)13(7)18-26(21,22)12-4-3-11(16)25-12/h3-6,17-18H,1-2H3,(H,19,20)/p-1. The van der Waals surface area contributed by atoms with Crippen molar-refractivity contribution in [2.24, 2.45) is 0 Å². The fourth-order valence-corrected chi connectivity index (χ4v) is 4.98. The molecule has 11 heteroatoms. The Kier molecular flexibility index (Phi) is 4.74. The summed E-state index contributed by atoms with van der Waals surface area (Å²) < 4.78 is 38.0. The Balaban J connectivity index is 2.20. The van der Waals surface area contributed by atoms with Crippen molar-refractivity contribution in [1.82, 2.24) is 4.98 Å². The molecule has 0 aliphatic carbocycles. The van der Waals surface area contributed by atoms with Crippen LogP contribution in [0.4, 0.5) is 5.69 Å². The third kappa shape index (κ3) is 3.18. The quantitative estimate of drug-likeness (QED) is 0.635. The fourth-order valence-electron chi connectivity index (χ4n) is 2.41. The number of thiophene rings is 1. The number of aromatic amines is 1. The second-order valence-electron chi connectivity index (χ2n) is 5.08. The van der Waals surface area contributed by atoms with Gasteiger partial charge in [0.05, 0.1) is 41.4 Å². The first kappa shape index (κ1) is 18.4. The average molecular weight is 416 g/mol. The van der Waals surface area contributed by atoms with Gasteiger partial charge in [0.15, 0.2) is 11.5 Å². The smallest absolute Gasteiger partial charge is 0.271 e. The van der Waals surface area contributed by atoms with Crippen LogP contribution in [0.2, 0.25) is 4.34 Å². The summed E-state index contributed by atoms with van der Waals surface area (Å²) in [5, 5.41) is 11.8. The Morgan fingerprint density at radius 1 is 1.23 bits per heavy atom. The fraction of sp³-hybridized carbons (Fsp3) is 0.133. The number of H-pyrrole nitrogens is 1. The van der Waals surface area contributed by atoms with E-state index in [0.29, 0.717) is 17.0 Å². The van der Waals surface area contributed by atoms with Crippen LogP contribution in [0.1, 0.15) is 10.5 Å². The first-order valence-electron chi connectivity index (χ1n) is 7.04. The van der Waals surface area contributed by atoms with Gasteiger partial charge in [-0.2, -0.15) is 0 Å². The van der Waals surface area contributed by atoms with Crippen molar-refractivity contribution in [2.75, 3.05) is 18.9 Å². The normalized spacial score (nSPS) is 11.5. The number of halogens is 1. The molecule has 138 valence electrons. The van der Waals surface area contributed by atoms with Crippen LogP contribution in [0.15, 0.2) is 28.5 Å². The summed E-state index contributed by atoms with van der Waals surface area (Å²) in [4.78, 5) is 14.1. The highest BCUT2D eigenvalue weighted by atomic mass is 35.5. The number of carbonyl (C=O) groups excluding carboxylic acids is 1. The van der Waals surface area contributed by atoms with Crippen LogP contribution < -0.4 is 19.3 Å². The molecule has 0 unspecified atom stereocenters. The van der Waals surface area contributed by atoms with Crippen molar-refractivity contribution in [1.29, 1.82) is 0 Å². The number of fused-ring (bicyclic) bond motifs is 1. The molecule has 3 rings (SSSR count). The van der Waals surface area contributed by atoms with Gasteiger partial charge in [-0.05, 0) is 18.2 Å². The number of benzene rings is 1. The van der Waals surface area contributed by atoms with Crippen molar-refractivity contribution in [2.45, 2.75) is 4.21 Å². The Hall–Kier alpha value is -2.43. The molecule has 0 radical (unpaired) electrons. The van der Waals surface area contributed by atoms with E-state index in [-0.39, 0.29) is 19.6 Å². The molecule has 0 fully saturated rings. The number of anilines is 1. The van der Waals surface area contributed by atoms with Crippen molar-refractivity contribution >= 4 is 55.5 Å². The molecule has 0 aliphatic heterocycles. The summed E-state index contributed by atoms with van der Waals surface area (Å²) in [6.07, 6.45) is 0. The number of hydrogen-bond donors (Lipinski definition) is 2. The maximum Gasteiger partial charge on any atom is 0.271 e. The second-order valence-corrected chi connectivity index (χ2v) is 8.70. The summed E-state index contributed by atoms with van der Waals surface area (Å²) in [6.45, 7) is 0. The van der Waals surface area contributed by atoms with Gasteiger partial charge in [0.2, 0.25) is 0 Å². The molecule has 0 atom stereocenters. The van der Waals surface area contributed by atoms with Gasteiger partial charge >= 0.3 is 0 Å². The van der Waals surface area contributed by atoms with Crippen LogP contribution in [0, 0.1) is 0 Å². The number of carboxylic acids is 1. The molecular weight excluding hydrogens is 404 g/mol. The molecule has 0 bridgehead atoms. The number of methoxy groups -OCH3 is 2.